The van der Waals surface area contributed by atoms with Gasteiger partial charge in [-0.1, -0.05) is 48.5 Å². The molecule has 1 amide bonds. The van der Waals surface area contributed by atoms with Gasteiger partial charge in [0.1, 0.15) is 11.6 Å². The van der Waals surface area contributed by atoms with E-state index in [4.69, 9.17) is 4.74 Å². The van der Waals surface area contributed by atoms with Crippen LogP contribution < -0.4 is 5.32 Å². The summed E-state index contributed by atoms with van der Waals surface area (Å²) in [4.78, 5) is 12.6. The molecule has 1 aliphatic heterocycles. The fourth-order valence-corrected chi connectivity index (χ4v) is 3.60. The lowest BCUT2D eigenvalue weighted by molar-refractivity contribution is -0.117. The molecule has 27 heavy (non-hydrogen) atoms. The van der Waals surface area contributed by atoms with E-state index in [2.05, 4.69) is 17.5 Å². The van der Waals surface area contributed by atoms with Crippen LogP contribution in [0.4, 0.5) is 0 Å². The van der Waals surface area contributed by atoms with Gasteiger partial charge in [-0.25, -0.2) is 0 Å². The minimum atomic E-state index is -0.356. The van der Waals surface area contributed by atoms with E-state index in [1.54, 1.807) is 6.08 Å². The molecule has 1 atom stereocenters. The molecule has 3 aromatic rings. The summed E-state index contributed by atoms with van der Waals surface area (Å²) in [6, 6.07) is 20.2. The Bertz CT molecular complexity index is 1020. The molecular weight excluding hydrogens is 336 g/mol. The van der Waals surface area contributed by atoms with Gasteiger partial charge in [0, 0.05) is 13.2 Å². The second-order valence-corrected chi connectivity index (χ2v) is 6.75. The van der Waals surface area contributed by atoms with E-state index in [0.29, 0.717) is 6.54 Å². The maximum atomic E-state index is 12.6. The number of fused-ring (bicyclic) bond motifs is 2. The van der Waals surface area contributed by atoms with Crippen LogP contribution in [0.5, 0.6) is 0 Å². The fourth-order valence-electron chi connectivity index (χ4n) is 3.60. The number of amides is 1. The largest absolute Gasteiger partial charge is 0.376 e. The van der Waals surface area contributed by atoms with Gasteiger partial charge in [-0.15, -0.1) is 0 Å². The van der Waals surface area contributed by atoms with Crippen molar-refractivity contribution in [3.63, 3.8) is 0 Å². The fraction of sp³-hybridized carbons (Fsp3) is 0.217. The summed E-state index contributed by atoms with van der Waals surface area (Å²) in [5.41, 5.74) is 1.00. The maximum absolute atomic E-state index is 12.6. The van der Waals surface area contributed by atoms with E-state index in [1.807, 2.05) is 48.5 Å². The molecule has 4 heteroatoms. The molecule has 1 fully saturated rings. The lowest BCUT2D eigenvalue weighted by Crippen LogP contribution is -2.32. The first-order chi connectivity index (χ1) is 13.3. The zero-order valence-corrected chi connectivity index (χ0v) is 14.9. The van der Waals surface area contributed by atoms with Crippen molar-refractivity contribution < 1.29 is 9.53 Å². The highest BCUT2D eigenvalue weighted by molar-refractivity contribution is 6.11. The van der Waals surface area contributed by atoms with Gasteiger partial charge in [0.2, 0.25) is 0 Å². The first-order valence-corrected chi connectivity index (χ1v) is 9.18. The number of nitrogens with zero attached hydrogens (tertiary/aromatic N) is 1. The number of benzene rings is 3. The van der Waals surface area contributed by atoms with Gasteiger partial charge >= 0.3 is 0 Å². The molecule has 1 heterocycles. The third kappa shape index (κ3) is 3.55. The van der Waals surface area contributed by atoms with Crippen molar-refractivity contribution in [3.05, 3.63) is 65.7 Å². The lowest BCUT2D eigenvalue weighted by Gasteiger charge is -2.11. The number of hydrogen-bond donors (Lipinski definition) is 1. The van der Waals surface area contributed by atoms with Crippen LogP contribution in [-0.2, 0) is 9.53 Å². The molecule has 0 bridgehead atoms. The SMILES string of the molecule is N#C/C(=C\c1c2ccccc2cc2ccccc12)C(=O)NC[C@H]1CCCO1. The Kier molecular flexibility index (Phi) is 4.86. The Morgan fingerprint density at radius 3 is 2.41 bits per heavy atom. The average Bonchev–Trinajstić information content (AvgIpc) is 3.23. The lowest BCUT2D eigenvalue weighted by atomic mass is 9.95. The van der Waals surface area contributed by atoms with Crippen LogP contribution in [-0.4, -0.2) is 25.2 Å². The number of rotatable bonds is 4. The zero-order valence-electron chi connectivity index (χ0n) is 14.9. The smallest absolute Gasteiger partial charge is 0.262 e. The summed E-state index contributed by atoms with van der Waals surface area (Å²) in [5, 5.41) is 16.6. The van der Waals surface area contributed by atoms with E-state index < -0.39 is 0 Å². The second-order valence-electron chi connectivity index (χ2n) is 6.75. The highest BCUT2D eigenvalue weighted by Gasteiger charge is 2.18. The predicted octanol–water partition coefficient (Wildman–Crippen LogP) is 4.20. The van der Waals surface area contributed by atoms with Crippen molar-refractivity contribution in [1.82, 2.24) is 5.32 Å². The molecule has 134 valence electrons. The van der Waals surface area contributed by atoms with Crippen molar-refractivity contribution >= 4 is 33.5 Å². The molecule has 0 aromatic heterocycles. The van der Waals surface area contributed by atoms with Gasteiger partial charge in [0.25, 0.3) is 5.91 Å². The molecular formula is C23H20N2O2. The normalized spacial score (nSPS) is 17.1. The van der Waals surface area contributed by atoms with E-state index in [-0.39, 0.29) is 17.6 Å². The first kappa shape index (κ1) is 17.3. The van der Waals surface area contributed by atoms with E-state index in [9.17, 15) is 10.1 Å². The Labute approximate surface area is 158 Å². The van der Waals surface area contributed by atoms with Crippen LogP contribution in [0.2, 0.25) is 0 Å². The molecule has 3 aromatic carbocycles. The summed E-state index contributed by atoms with van der Waals surface area (Å²) in [6.07, 6.45) is 3.71. The molecule has 0 radical (unpaired) electrons. The molecule has 0 saturated carbocycles. The predicted molar refractivity (Wildman–Crippen MR) is 107 cm³/mol. The highest BCUT2D eigenvalue weighted by atomic mass is 16.5. The maximum Gasteiger partial charge on any atom is 0.262 e. The Morgan fingerprint density at radius 2 is 1.81 bits per heavy atom. The van der Waals surface area contributed by atoms with Crippen molar-refractivity contribution in [2.45, 2.75) is 18.9 Å². The molecule has 4 rings (SSSR count). The minimum absolute atomic E-state index is 0.0484. The second kappa shape index (κ2) is 7.61. The zero-order chi connectivity index (χ0) is 18.6. The van der Waals surface area contributed by atoms with Gasteiger partial charge in [0.15, 0.2) is 0 Å². The van der Waals surface area contributed by atoms with E-state index in [0.717, 1.165) is 46.6 Å². The number of carbonyl (C=O) groups is 1. The molecule has 1 saturated heterocycles. The van der Waals surface area contributed by atoms with Gasteiger partial charge in [-0.3, -0.25) is 4.79 Å². The Morgan fingerprint density at radius 1 is 1.15 bits per heavy atom. The molecule has 0 unspecified atom stereocenters. The van der Waals surface area contributed by atoms with Crippen LogP contribution in [0.25, 0.3) is 27.6 Å². The molecule has 0 spiro atoms. The van der Waals surface area contributed by atoms with Crippen molar-refractivity contribution in [2.75, 3.05) is 13.2 Å². The van der Waals surface area contributed by atoms with Crippen LogP contribution in [0, 0.1) is 11.3 Å². The third-order valence-electron chi connectivity index (χ3n) is 4.98. The summed E-state index contributed by atoms with van der Waals surface area (Å²) < 4.78 is 5.53. The monoisotopic (exact) mass is 356 g/mol. The minimum Gasteiger partial charge on any atom is -0.376 e. The topological polar surface area (TPSA) is 62.1 Å². The van der Waals surface area contributed by atoms with Crippen LogP contribution in [0.1, 0.15) is 18.4 Å². The quantitative estimate of drug-likeness (QED) is 0.433. The Hall–Kier alpha value is -3.16. The summed E-state index contributed by atoms with van der Waals surface area (Å²) in [6.45, 7) is 1.18. The van der Waals surface area contributed by atoms with Crippen molar-refractivity contribution in [2.24, 2.45) is 0 Å². The summed E-state index contributed by atoms with van der Waals surface area (Å²) >= 11 is 0. The van der Waals surface area contributed by atoms with Gasteiger partial charge in [-0.05, 0) is 52.1 Å². The number of ether oxygens (including phenoxy) is 1. The number of hydrogen-bond acceptors (Lipinski definition) is 3. The summed E-state index contributed by atoms with van der Waals surface area (Å²) in [7, 11) is 0. The molecule has 1 aliphatic rings. The van der Waals surface area contributed by atoms with Crippen LogP contribution >= 0.6 is 0 Å². The van der Waals surface area contributed by atoms with Crippen molar-refractivity contribution in [3.8, 4) is 6.07 Å². The number of carbonyl (C=O) groups excluding carboxylic acids is 1. The van der Waals surface area contributed by atoms with Gasteiger partial charge in [-0.2, -0.15) is 5.26 Å². The molecule has 4 nitrogen and oxygen atoms in total. The number of nitrogens with one attached hydrogen (secondary N) is 1. The van der Waals surface area contributed by atoms with E-state index >= 15 is 0 Å². The van der Waals surface area contributed by atoms with Crippen LogP contribution in [0.3, 0.4) is 0 Å². The standard InChI is InChI=1S/C23H20N2O2/c24-14-18(23(26)25-15-19-8-5-11-27-19)13-22-20-9-3-1-6-16(20)12-17-7-2-4-10-21(17)22/h1-4,6-7,9-10,12-13,19H,5,8,11,15H2,(H,25,26)/b18-13+/t19-/m1/s1. The highest BCUT2D eigenvalue weighted by Crippen LogP contribution is 2.30. The molecule has 1 N–H and O–H groups in total. The first-order valence-electron chi connectivity index (χ1n) is 9.18. The molecule has 0 aliphatic carbocycles. The van der Waals surface area contributed by atoms with Crippen LogP contribution in [0.15, 0.2) is 60.2 Å². The average molecular weight is 356 g/mol. The summed E-state index contributed by atoms with van der Waals surface area (Å²) in [5.74, 6) is -0.356. The van der Waals surface area contributed by atoms with E-state index in [1.165, 1.54) is 0 Å². The van der Waals surface area contributed by atoms with Gasteiger partial charge in [0.05, 0.1) is 6.10 Å². The van der Waals surface area contributed by atoms with Gasteiger partial charge < -0.3 is 10.1 Å². The van der Waals surface area contributed by atoms with Crippen molar-refractivity contribution in [1.29, 1.82) is 5.26 Å². The Balaban J connectivity index is 1.74. The number of nitriles is 1. The third-order valence-corrected chi connectivity index (χ3v) is 4.98.